The largest absolute Gasteiger partial charge is 0.464 e. The minimum atomic E-state index is -0.902. The minimum absolute atomic E-state index is 0.277. The number of carbonyl (C=O) groups is 4. The van der Waals surface area contributed by atoms with Crippen LogP contribution in [-0.4, -0.2) is 49.3 Å². The third-order valence-corrected chi connectivity index (χ3v) is 14.0. The van der Waals surface area contributed by atoms with Crippen molar-refractivity contribution < 1.29 is 28.7 Å². The fourth-order valence-electron chi connectivity index (χ4n) is 9.41. The number of amides is 4. The Morgan fingerprint density at radius 3 is 1.05 bits per heavy atom. The SMILES string of the molecule is CCCCCCCCCCCCCCCCCCOC(=O)C(Cc1ccccc1)NC(=O)Nc1ccc(C)c(NC(=O)NC(Cc2ccccc2)C(=O)OCCCCCCCCCCCCCCCCCC)c1. The van der Waals surface area contributed by atoms with Crippen molar-refractivity contribution in [3.8, 4) is 0 Å². The van der Waals surface area contributed by atoms with Crippen molar-refractivity contribution in [1.29, 1.82) is 0 Å². The number of anilines is 2. The molecule has 3 aromatic rings. The van der Waals surface area contributed by atoms with Crippen molar-refractivity contribution in [3.05, 3.63) is 95.6 Å². The number of esters is 2. The molecule has 0 aliphatic carbocycles. The van der Waals surface area contributed by atoms with Crippen LogP contribution in [0.4, 0.5) is 21.0 Å². The molecule has 10 nitrogen and oxygen atoms in total. The third kappa shape index (κ3) is 32.1. The molecule has 0 saturated heterocycles. The molecule has 0 bridgehead atoms. The van der Waals surface area contributed by atoms with Crippen LogP contribution in [0.15, 0.2) is 78.9 Å². The molecule has 4 N–H and O–H groups in total. The van der Waals surface area contributed by atoms with Crippen LogP contribution in [0.2, 0.25) is 0 Å². The maximum absolute atomic E-state index is 13.5. The molecule has 10 heteroatoms. The van der Waals surface area contributed by atoms with E-state index in [0.717, 1.165) is 55.2 Å². The van der Waals surface area contributed by atoms with Crippen molar-refractivity contribution in [2.75, 3.05) is 23.8 Å². The summed E-state index contributed by atoms with van der Waals surface area (Å²) in [7, 11) is 0. The lowest BCUT2D eigenvalue weighted by Crippen LogP contribution is -2.45. The van der Waals surface area contributed by atoms with Gasteiger partial charge in [0, 0.05) is 24.2 Å². The summed E-state index contributed by atoms with van der Waals surface area (Å²) in [4.78, 5) is 53.8. The molecule has 0 fully saturated rings. The van der Waals surface area contributed by atoms with Crippen LogP contribution in [0, 0.1) is 6.92 Å². The van der Waals surface area contributed by atoms with Crippen molar-refractivity contribution in [2.24, 2.45) is 0 Å². The van der Waals surface area contributed by atoms with Gasteiger partial charge in [-0.1, -0.05) is 273 Å². The molecular weight excluding hydrogens is 909 g/mol. The molecule has 0 aromatic heterocycles. The Hall–Kier alpha value is -4.86. The van der Waals surface area contributed by atoms with E-state index >= 15 is 0 Å². The van der Waals surface area contributed by atoms with E-state index in [0.29, 0.717) is 24.6 Å². The summed E-state index contributed by atoms with van der Waals surface area (Å²) < 4.78 is 11.4. The molecule has 2 unspecified atom stereocenters. The van der Waals surface area contributed by atoms with Crippen LogP contribution in [-0.2, 0) is 31.9 Å². The Labute approximate surface area is 443 Å². The third-order valence-electron chi connectivity index (χ3n) is 14.0. The van der Waals surface area contributed by atoms with E-state index in [1.807, 2.05) is 67.6 Å². The standard InChI is InChI=1S/C63H100N4O6/c1-4-6-8-10-12-14-16-18-20-22-24-26-28-30-32-40-48-72-60(68)58(50-54-42-36-34-37-43-54)66-62(70)64-56-47-46-53(3)57(52-56)65-63(71)67-59(51-55-44-38-35-39-45-55)61(69)73-49-41-33-31-29-27-25-23-21-19-17-15-13-11-9-7-5-2/h34-39,42-47,52,58-59H,4-33,40-41,48-51H2,1-3H3,(H2,64,66,70)(H2,65,67,71). The summed E-state index contributed by atoms with van der Waals surface area (Å²) in [5, 5.41) is 11.4. The number of benzene rings is 3. The summed E-state index contributed by atoms with van der Waals surface area (Å²) in [6.45, 7) is 7.01. The van der Waals surface area contributed by atoms with Gasteiger partial charge in [-0.25, -0.2) is 19.2 Å². The van der Waals surface area contributed by atoms with Gasteiger partial charge in [0.25, 0.3) is 0 Å². The van der Waals surface area contributed by atoms with Crippen molar-refractivity contribution in [1.82, 2.24) is 10.6 Å². The number of hydrogen-bond acceptors (Lipinski definition) is 6. The molecule has 0 radical (unpaired) electrons. The maximum Gasteiger partial charge on any atom is 0.329 e. The highest BCUT2D eigenvalue weighted by molar-refractivity contribution is 5.96. The molecule has 408 valence electrons. The highest BCUT2D eigenvalue weighted by Crippen LogP contribution is 2.22. The fourth-order valence-corrected chi connectivity index (χ4v) is 9.41. The second-order valence-electron chi connectivity index (χ2n) is 20.7. The summed E-state index contributed by atoms with van der Waals surface area (Å²) in [6, 6.07) is 21.3. The van der Waals surface area contributed by atoms with E-state index in [1.165, 1.54) is 167 Å². The van der Waals surface area contributed by atoms with Gasteiger partial charge in [-0.3, -0.25) is 0 Å². The number of nitrogens with one attached hydrogen (secondary N) is 4. The number of carbonyl (C=O) groups excluding carboxylic acids is 4. The lowest BCUT2D eigenvalue weighted by Gasteiger charge is -2.20. The van der Waals surface area contributed by atoms with E-state index in [2.05, 4.69) is 35.1 Å². The number of aryl methyl sites for hydroxylation is 1. The van der Waals surface area contributed by atoms with Gasteiger partial charge in [0.2, 0.25) is 0 Å². The molecule has 0 saturated carbocycles. The fraction of sp³-hybridized carbons (Fsp3) is 0.651. The Kier molecular flexibility index (Phi) is 36.3. The van der Waals surface area contributed by atoms with Crippen LogP contribution < -0.4 is 21.3 Å². The smallest absolute Gasteiger partial charge is 0.329 e. The molecule has 0 heterocycles. The highest BCUT2D eigenvalue weighted by Gasteiger charge is 2.25. The van der Waals surface area contributed by atoms with E-state index in [1.54, 1.807) is 18.2 Å². The van der Waals surface area contributed by atoms with Gasteiger partial charge in [0.15, 0.2) is 0 Å². The predicted molar refractivity (Wildman–Crippen MR) is 304 cm³/mol. The Morgan fingerprint density at radius 2 is 0.712 bits per heavy atom. The van der Waals surface area contributed by atoms with Gasteiger partial charge in [0.05, 0.1) is 13.2 Å². The van der Waals surface area contributed by atoms with Crippen molar-refractivity contribution in [3.63, 3.8) is 0 Å². The Balaban J connectivity index is 1.39. The number of unbranched alkanes of at least 4 members (excludes halogenated alkanes) is 30. The topological polar surface area (TPSA) is 135 Å². The number of urea groups is 2. The average molecular weight is 1010 g/mol. The number of rotatable bonds is 44. The molecule has 3 aromatic carbocycles. The van der Waals surface area contributed by atoms with Crippen LogP contribution in [0.5, 0.6) is 0 Å². The summed E-state index contributed by atoms with van der Waals surface area (Å²) in [5.41, 5.74) is 3.42. The first kappa shape index (κ1) is 62.4. The van der Waals surface area contributed by atoms with Gasteiger partial charge in [0.1, 0.15) is 12.1 Å². The summed E-state index contributed by atoms with van der Waals surface area (Å²) in [5.74, 6) is -0.950. The van der Waals surface area contributed by atoms with Crippen molar-refractivity contribution in [2.45, 2.75) is 251 Å². The first-order valence-electron chi connectivity index (χ1n) is 29.5. The zero-order valence-electron chi connectivity index (χ0n) is 46.1. The number of ether oxygens (including phenoxy) is 2. The summed E-state index contributed by atoms with van der Waals surface area (Å²) >= 11 is 0. The van der Waals surface area contributed by atoms with Crippen LogP contribution in [0.1, 0.15) is 236 Å². The molecule has 2 atom stereocenters. The quantitative estimate of drug-likeness (QED) is 0.0329. The first-order valence-corrected chi connectivity index (χ1v) is 29.5. The monoisotopic (exact) mass is 1010 g/mol. The lowest BCUT2D eigenvalue weighted by atomic mass is 10.0. The van der Waals surface area contributed by atoms with Gasteiger partial charge in [-0.15, -0.1) is 0 Å². The minimum Gasteiger partial charge on any atom is -0.464 e. The molecule has 0 spiro atoms. The van der Waals surface area contributed by atoms with Gasteiger partial charge in [-0.05, 0) is 48.6 Å². The molecule has 0 aliphatic heterocycles. The second-order valence-corrected chi connectivity index (χ2v) is 20.7. The highest BCUT2D eigenvalue weighted by atomic mass is 16.5. The lowest BCUT2D eigenvalue weighted by molar-refractivity contribution is -0.146. The van der Waals surface area contributed by atoms with E-state index in [-0.39, 0.29) is 12.8 Å². The first-order chi connectivity index (χ1) is 35.8. The predicted octanol–water partition coefficient (Wildman–Crippen LogP) is 17.1. The molecule has 0 aliphatic rings. The average Bonchev–Trinajstić information content (AvgIpc) is 3.39. The van der Waals surface area contributed by atoms with E-state index in [4.69, 9.17) is 9.47 Å². The van der Waals surface area contributed by atoms with Gasteiger partial charge < -0.3 is 30.7 Å². The molecule has 73 heavy (non-hydrogen) atoms. The van der Waals surface area contributed by atoms with Crippen LogP contribution in [0.3, 0.4) is 0 Å². The summed E-state index contributed by atoms with van der Waals surface area (Å²) in [6.07, 6.45) is 41.2. The Morgan fingerprint density at radius 1 is 0.397 bits per heavy atom. The molecule has 3 rings (SSSR count). The second kappa shape index (κ2) is 42.5. The molecule has 4 amide bonds. The van der Waals surface area contributed by atoms with E-state index in [9.17, 15) is 19.2 Å². The zero-order chi connectivity index (χ0) is 52.2. The zero-order valence-corrected chi connectivity index (χ0v) is 46.1. The van der Waals surface area contributed by atoms with Crippen molar-refractivity contribution >= 4 is 35.4 Å². The van der Waals surface area contributed by atoms with Gasteiger partial charge >= 0.3 is 24.0 Å². The Bertz CT molecular complexity index is 1860. The number of hydrogen-bond donors (Lipinski definition) is 4. The van der Waals surface area contributed by atoms with Crippen LogP contribution >= 0.6 is 0 Å². The molecular formula is C63H100N4O6. The maximum atomic E-state index is 13.5. The van der Waals surface area contributed by atoms with Gasteiger partial charge in [-0.2, -0.15) is 0 Å². The normalized spacial score (nSPS) is 11.9. The van der Waals surface area contributed by atoms with Crippen LogP contribution in [0.25, 0.3) is 0 Å². The van der Waals surface area contributed by atoms with E-state index < -0.39 is 36.1 Å².